The Balaban J connectivity index is 1.96. The molecule has 2 rings (SSSR count). The maximum atomic E-state index is 12.3. The molecule has 1 amide bonds. The molecule has 0 bridgehead atoms. The Labute approximate surface area is 161 Å². The summed E-state index contributed by atoms with van der Waals surface area (Å²) in [6.07, 6.45) is 0. The fourth-order valence-electron chi connectivity index (χ4n) is 1.92. The third-order valence-corrected chi connectivity index (χ3v) is 6.24. The molecule has 0 aliphatic carbocycles. The normalized spacial score (nSPS) is 11.3. The van der Waals surface area contributed by atoms with Gasteiger partial charge in [-0.1, -0.05) is 23.2 Å². The zero-order chi connectivity index (χ0) is 18.4. The standard InChI is InChI=1S/C16H16Cl2N2O3S2/c1-19-25(22,23)13-6-7-15(18)14(10-13)16(21)20-8-9-24-12-4-2-11(17)3-5-12/h2-7,10,19H,8-9H2,1H3,(H,20,21). The minimum absolute atomic E-state index is 0.0138. The number of carbonyl (C=O) groups is 1. The molecule has 0 atom stereocenters. The van der Waals surface area contributed by atoms with Crippen molar-refractivity contribution >= 4 is 50.9 Å². The molecule has 0 saturated heterocycles. The summed E-state index contributed by atoms with van der Waals surface area (Å²) < 4.78 is 25.9. The molecule has 25 heavy (non-hydrogen) atoms. The van der Waals surface area contributed by atoms with E-state index < -0.39 is 15.9 Å². The van der Waals surface area contributed by atoms with E-state index in [1.165, 1.54) is 25.2 Å². The van der Waals surface area contributed by atoms with Gasteiger partial charge in [-0.25, -0.2) is 13.1 Å². The molecule has 2 N–H and O–H groups in total. The van der Waals surface area contributed by atoms with Gasteiger partial charge in [0, 0.05) is 22.2 Å². The fourth-order valence-corrected chi connectivity index (χ4v) is 3.78. The van der Waals surface area contributed by atoms with Crippen molar-refractivity contribution in [2.75, 3.05) is 19.3 Å². The van der Waals surface area contributed by atoms with Crippen LogP contribution in [0.3, 0.4) is 0 Å². The molecule has 0 aliphatic rings. The van der Waals surface area contributed by atoms with Gasteiger partial charge in [0.25, 0.3) is 5.91 Å². The molecular formula is C16H16Cl2N2O3S2. The van der Waals surface area contributed by atoms with Gasteiger partial charge >= 0.3 is 0 Å². The van der Waals surface area contributed by atoms with Gasteiger partial charge in [-0.2, -0.15) is 0 Å². The average Bonchev–Trinajstić information content (AvgIpc) is 2.60. The third-order valence-electron chi connectivity index (χ3n) is 3.23. The zero-order valence-corrected chi connectivity index (χ0v) is 16.4. The number of amides is 1. The lowest BCUT2D eigenvalue weighted by Gasteiger charge is -2.09. The zero-order valence-electron chi connectivity index (χ0n) is 13.3. The summed E-state index contributed by atoms with van der Waals surface area (Å²) in [6.45, 7) is 0.408. The maximum absolute atomic E-state index is 12.3. The summed E-state index contributed by atoms with van der Waals surface area (Å²) in [5.74, 6) is 0.231. The topological polar surface area (TPSA) is 75.3 Å². The highest BCUT2D eigenvalue weighted by molar-refractivity contribution is 7.99. The quantitative estimate of drug-likeness (QED) is 0.533. The van der Waals surface area contributed by atoms with Crippen molar-refractivity contribution in [1.29, 1.82) is 0 Å². The number of halogens is 2. The van der Waals surface area contributed by atoms with Gasteiger partial charge in [-0.05, 0) is 49.5 Å². The Morgan fingerprint density at radius 2 is 1.80 bits per heavy atom. The van der Waals surface area contributed by atoms with Crippen LogP contribution >= 0.6 is 35.0 Å². The fraction of sp³-hybridized carbons (Fsp3) is 0.188. The van der Waals surface area contributed by atoms with Crippen LogP contribution in [0, 0.1) is 0 Å². The Kier molecular flexibility index (Phi) is 7.15. The first-order valence-corrected chi connectivity index (χ1v) is 10.5. The Morgan fingerprint density at radius 1 is 1.12 bits per heavy atom. The van der Waals surface area contributed by atoms with Crippen LogP contribution in [0.25, 0.3) is 0 Å². The van der Waals surface area contributed by atoms with Crippen molar-refractivity contribution in [1.82, 2.24) is 10.0 Å². The second-order valence-electron chi connectivity index (χ2n) is 4.91. The first kappa shape index (κ1) is 20.1. The van der Waals surface area contributed by atoms with E-state index in [-0.39, 0.29) is 15.5 Å². The maximum Gasteiger partial charge on any atom is 0.252 e. The summed E-state index contributed by atoms with van der Waals surface area (Å²) >= 11 is 13.4. The van der Waals surface area contributed by atoms with Crippen LogP contribution in [0.1, 0.15) is 10.4 Å². The molecule has 0 aliphatic heterocycles. The number of nitrogens with one attached hydrogen (secondary N) is 2. The average molecular weight is 419 g/mol. The van der Waals surface area contributed by atoms with Crippen LogP contribution in [0.5, 0.6) is 0 Å². The summed E-state index contributed by atoms with van der Waals surface area (Å²) in [4.78, 5) is 13.3. The van der Waals surface area contributed by atoms with Crippen molar-refractivity contribution in [3.63, 3.8) is 0 Å². The highest BCUT2D eigenvalue weighted by Gasteiger charge is 2.17. The molecule has 134 valence electrons. The van der Waals surface area contributed by atoms with E-state index in [2.05, 4.69) is 10.0 Å². The summed E-state index contributed by atoms with van der Waals surface area (Å²) in [7, 11) is -2.34. The molecule has 0 radical (unpaired) electrons. The first-order chi connectivity index (χ1) is 11.8. The molecule has 0 fully saturated rings. The van der Waals surface area contributed by atoms with Crippen molar-refractivity contribution in [3.8, 4) is 0 Å². The monoisotopic (exact) mass is 418 g/mol. The number of sulfonamides is 1. The molecule has 9 heteroatoms. The lowest BCUT2D eigenvalue weighted by molar-refractivity contribution is 0.0956. The van der Waals surface area contributed by atoms with E-state index in [4.69, 9.17) is 23.2 Å². The van der Waals surface area contributed by atoms with Crippen LogP contribution in [0.15, 0.2) is 52.3 Å². The SMILES string of the molecule is CNS(=O)(=O)c1ccc(Cl)c(C(=O)NCCSc2ccc(Cl)cc2)c1. The van der Waals surface area contributed by atoms with Gasteiger partial charge in [0.05, 0.1) is 15.5 Å². The highest BCUT2D eigenvalue weighted by atomic mass is 35.5. The number of thioether (sulfide) groups is 1. The molecule has 0 spiro atoms. The van der Waals surface area contributed by atoms with E-state index in [9.17, 15) is 13.2 Å². The Bertz CT molecular complexity index is 856. The molecule has 2 aromatic carbocycles. The molecule has 0 heterocycles. The minimum Gasteiger partial charge on any atom is -0.351 e. The van der Waals surface area contributed by atoms with E-state index in [1.807, 2.05) is 12.1 Å². The summed E-state index contributed by atoms with van der Waals surface area (Å²) in [5.41, 5.74) is 0.120. The molecular weight excluding hydrogens is 403 g/mol. The van der Waals surface area contributed by atoms with E-state index in [0.717, 1.165) is 4.90 Å². The lowest BCUT2D eigenvalue weighted by Crippen LogP contribution is -2.26. The van der Waals surface area contributed by atoms with E-state index in [1.54, 1.807) is 23.9 Å². The van der Waals surface area contributed by atoms with Crippen molar-refractivity contribution in [2.45, 2.75) is 9.79 Å². The summed E-state index contributed by atoms with van der Waals surface area (Å²) in [6, 6.07) is 11.4. The van der Waals surface area contributed by atoms with Crippen LogP contribution in [0.4, 0.5) is 0 Å². The Hall–Kier alpha value is -1.25. The highest BCUT2D eigenvalue weighted by Crippen LogP contribution is 2.21. The van der Waals surface area contributed by atoms with Crippen LogP contribution in [-0.4, -0.2) is 33.7 Å². The second-order valence-corrected chi connectivity index (χ2v) is 8.81. The van der Waals surface area contributed by atoms with Gasteiger partial charge in [0.2, 0.25) is 10.0 Å². The van der Waals surface area contributed by atoms with Gasteiger partial charge in [0.15, 0.2) is 0 Å². The predicted molar refractivity (Wildman–Crippen MR) is 102 cm³/mol. The number of hydrogen-bond donors (Lipinski definition) is 2. The van der Waals surface area contributed by atoms with Crippen LogP contribution < -0.4 is 10.0 Å². The largest absolute Gasteiger partial charge is 0.351 e. The molecule has 0 saturated carbocycles. The number of hydrogen-bond acceptors (Lipinski definition) is 4. The molecule has 0 aromatic heterocycles. The van der Waals surface area contributed by atoms with Crippen LogP contribution in [0.2, 0.25) is 10.0 Å². The van der Waals surface area contributed by atoms with Crippen molar-refractivity contribution in [3.05, 3.63) is 58.1 Å². The summed E-state index contributed by atoms with van der Waals surface area (Å²) in [5, 5.41) is 3.60. The Morgan fingerprint density at radius 3 is 2.44 bits per heavy atom. The first-order valence-electron chi connectivity index (χ1n) is 7.23. The predicted octanol–water partition coefficient (Wildman–Crippen LogP) is 3.42. The van der Waals surface area contributed by atoms with Gasteiger partial charge in [-0.15, -0.1) is 11.8 Å². The third kappa shape index (κ3) is 5.62. The molecule has 0 unspecified atom stereocenters. The minimum atomic E-state index is -3.64. The molecule has 5 nitrogen and oxygen atoms in total. The van der Waals surface area contributed by atoms with Gasteiger partial charge in [-0.3, -0.25) is 4.79 Å². The van der Waals surface area contributed by atoms with E-state index >= 15 is 0 Å². The van der Waals surface area contributed by atoms with Gasteiger partial charge < -0.3 is 5.32 Å². The number of benzene rings is 2. The van der Waals surface area contributed by atoms with Gasteiger partial charge in [0.1, 0.15) is 0 Å². The van der Waals surface area contributed by atoms with E-state index in [0.29, 0.717) is 17.3 Å². The van der Waals surface area contributed by atoms with Crippen molar-refractivity contribution < 1.29 is 13.2 Å². The van der Waals surface area contributed by atoms with Crippen molar-refractivity contribution in [2.24, 2.45) is 0 Å². The lowest BCUT2D eigenvalue weighted by atomic mass is 10.2. The second kappa shape index (κ2) is 8.91. The molecule has 2 aromatic rings. The number of rotatable bonds is 7. The van der Waals surface area contributed by atoms with Crippen LogP contribution in [-0.2, 0) is 10.0 Å². The number of carbonyl (C=O) groups excluding carboxylic acids is 1. The smallest absolute Gasteiger partial charge is 0.252 e.